The SMILES string of the molecule is Cc1ccccc1CN1CCC(NCc2cccc3[nH]ccc23)CC1. The second-order valence-electron chi connectivity index (χ2n) is 7.21. The summed E-state index contributed by atoms with van der Waals surface area (Å²) in [7, 11) is 0. The summed E-state index contributed by atoms with van der Waals surface area (Å²) in [5.74, 6) is 0. The molecule has 0 saturated carbocycles. The molecule has 2 aromatic carbocycles. The number of nitrogens with zero attached hydrogens (tertiary/aromatic N) is 1. The van der Waals surface area contributed by atoms with E-state index in [1.54, 1.807) is 0 Å². The molecule has 0 radical (unpaired) electrons. The van der Waals surface area contributed by atoms with Gasteiger partial charge in [-0.15, -0.1) is 0 Å². The zero-order valence-electron chi connectivity index (χ0n) is 15.0. The molecule has 1 aliphatic heterocycles. The van der Waals surface area contributed by atoms with E-state index in [1.807, 2.05) is 6.20 Å². The van der Waals surface area contributed by atoms with Gasteiger partial charge in [0.25, 0.3) is 0 Å². The van der Waals surface area contributed by atoms with E-state index in [0.29, 0.717) is 6.04 Å². The summed E-state index contributed by atoms with van der Waals surface area (Å²) >= 11 is 0. The van der Waals surface area contributed by atoms with Gasteiger partial charge in [-0.1, -0.05) is 36.4 Å². The van der Waals surface area contributed by atoms with Crippen molar-refractivity contribution in [3.63, 3.8) is 0 Å². The number of benzene rings is 2. The van der Waals surface area contributed by atoms with Crippen LogP contribution in [0.2, 0.25) is 0 Å². The summed E-state index contributed by atoms with van der Waals surface area (Å²) in [6.07, 6.45) is 4.49. The minimum atomic E-state index is 0.627. The van der Waals surface area contributed by atoms with E-state index in [-0.39, 0.29) is 0 Å². The Hall–Kier alpha value is -2.10. The van der Waals surface area contributed by atoms with Gasteiger partial charge < -0.3 is 10.3 Å². The molecule has 0 amide bonds. The molecule has 1 aromatic heterocycles. The Bertz CT molecular complexity index is 828. The van der Waals surface area contributed by atoms with Crippen LogP contribution in [0.15, 0.2) is 54.7 Å². The molecule has 2 heterocycles. The van der Waals surface area contributed by atoms with E-state index in [0.717, 1.165) is 13.1 Å². The van der Waals surface area contributed by atoms with Gasteiger partial charge >= 0.3 is 0 Å². The fourth-order valence-electron chi connectivity index (χ4n) is 3.88. The van der Waals surface area contributed by atoms with Crippen LogP contribution in [0.25, 0.3) is 10.9 Å². The molecule has 4 rings (SSSR count). The first-order valence-corrected chi connectivity index (χ1v) is 9.35. The molecule has 2 N–H and O–H groups in total. The van der Waals surface area contributed by atoms with Gasteiger partial charge in [0, 0.05) is 36.2 Å². The van der Waals surface area contributed by atoms with E-state index in [9.17, 15) is 0 Å². The molecule has 1 saturated heterocycles. The standard InChI is InChI=1S/C22H27N3/c1-17-5-2-3-6-19(17)16-25-13-10-20(11-14-25)24-15-18-7-4-8-22-21(18)9-12-23-22/h2-9,12,20,23-24H,10-11,13-16H2,1H3. The van der Waals surface area contributed by atoms with Crippen LogP contribution >= 0.6 is 0 Å². The van der Waals surface area contributed by atoms with Gasteiger partial charge in [0.2, 0.25) is 0 Å². The molecule has 1 fully saturated rings. The fourth-order valence-corrected chi connectivity index (χ4v) is 3.88. The van der Waals surface area contributed by atoms with E-state index in [2.05, 4.69) is 70.7 Å². The smallest absolute Gasteiger partial charge is 0.0457 e. The average Bonchev–Trinajstić information content (AvgIpc) is 3.12. The Morgan fingerprint density at radius 2 is 1.80 bits per heavy atom. The fraction of sp³-hybridized carbons (Fsp3) is 0.364. The average molecular weight is 333 g/mol. The second kappa shape index (κ2) is 7.42. The van der Waals surface area contributed by atoms with Crippen LogP contribution in [0.3, 0.4) is 0 Å². The van der Waals surface area contributed by atoms with Crippen molar-refractivity contribution in [3.8, 4) is 0 Å². The quantitative estimate of drug-likeness (QED) is 0.732. The van der Waals surface area contributed by atoms with Crippen molar-refractivity contribution >= 4 is 10.9 Å². The number of H-pyrrole nitrogens is 1. The van der Waals surface area contributed by atoms with Crippen molar-refractivity contribution in [2.75, 3.05) is 13.1 Å². The predicted octanol–water partition coefficient (Wildman–Crippen LogP) is 4.23. The second-order valence-corrected chi connectivity index (χ2v) is 7.21. The molecule has 3 aromatic rings. The Labute approximate surface area is 150 Å². The molecule has 0 aliphatic carbocycles. The van der Waals surface area contributed by atoms with Crippen LogP contribution in [0, 0.1) is 6.92 Å². The molecular formula is C22H27N3. The van der Waals surface area contributed by atoms with E-state index < -0.39 is 0 Å². The van der Waals surface area contributed by atoms with Gasteiger partial charge in [-0.05, 0) is 61.7 Å². The van der Waals surface area contributed by atoms with Crippen molar-refractivity contribution in [1.82, 2.24) is 15.2 Å². The number of fused-ring (bicyclic) bond motifs is 1. The number of likely N-dealkylation sites (tertiary alicyclic amines) is 1. The molecule has 0 atom stereocenters. The first-order valence-electron chi connectivity index (χ1n) is 9.35. The maximum Gasteiger partial charge on any atom is 0.0457 e. The third kappa shape index (κ3) is 3.78. The van der Waals surface area contributed by atoms with Crippen molar-refractivity contribution in [1.29, 1.82) is 0 Å². The third-order valence-corrected chi connectivity index (χ3v) is 5.51. The lowest BCUT2D eigenvalue weighted by Gasteiger charge is -2.33. The first-order chi connectivity index (χ1) is 12.3. The van der Waals surface area contributed by atoms with Crippen LogP contribution in [0.1, 0.15) is 29.5 Å². The lowest BCUT2D eigenvalue weighted by molar-refractivity contribution is 0.190. The number of hydrogen-bond acceptors (Lipinski definition) is 2. The molecule has 0 spiro atoms. The molecule has 130 valence electrons. The van der Waals surface area contributed by atoms with Crippen molar-refractivity contribution in [2.24, 2.45) is 0 Å². The van der Waals surface area contributed by atoms with E-state index in [1.165, 1.54) is 53.5 Å². The first kappa shape index (κ1) is 16.4. The Morgan fingerprint density at radius 1 is 1.00 bits per heavy atom. The van der Waals surface area contributed by atoms with Crippen LogP contribution in [-0.2, 0) is 13.1 Å². The van der Waals surface area contributed by atoms with Crippen LogP contribution in [-0.4, -0.2) is 29.0 Å². The van der Waals surface area contributed by atoms with Gasteiger partial charge in [0.1, 0.15) is 0 Å². The Kier molecular flexibility index (Phi) is 4.86. The molecule has 25 heavy (non-hydrogen) atoms. The van der Waals surface area contributed by atoms with Crippen LogP contribution < -0.4 is 5.32 Å². The molecule has 0 bridgehead atoms. The maximum atomic E-state index is 3.78. The van der Waals surface area contributed by atoms with Crippen molar-refractivity contribution in [3.05, 3.63) is 71.4 Å². The van der Waals surface area contributed by atoms with E-state index in [4.69, 9.17) is 0 Å². The number of rotatable bonds is 5. The molecule has 0 unspecified atom stereocenters. The van der Waals surface area contributed by atoms with Crippen LogP contribution in [0.5, 0.6) is 0 Å². The predicted molar refractivity (Wildman–Crippen MR) is 105 cm³/mol. The lowest BCUT2D eigenvalue weighted by Crippen LogP contribution is -2.41. The van der Waals surface area contributed by atoms with Gasteiger partial charge in [-0.25, -0.2) is 0 Å². The van der Waals surface area contributed by atoms with Gasteiger partial charge in [-0.2, -0.15) is 0 Å². The molecule has 1 aliphatic rings. The number of piperidine rings is 1. The highest BCUT2D eigenvalue weighted by Crippen LogP contribution is 2.19. The highest BCUT2D eigenvalue weighted by atomic mass is 15.1. The summed E-state index contributed by atoms with van der Waals surface area (Å²) in [5, 5.41) is 5.11. The summed E-state index contributed by atoms with van der Waals surface area (Å²) in [4.78, 5) is 5.89. The normalized spacial score (nSPS) is 16.5. The molecule has 3 heteroatoms. The Balaban J connectivity index is 1.29. The highest BCUT2D eigenvalue weighted by Gasteiger charge is 2.19. The maximum absolute atomic E-state index is 3.78. The number of aromatic nitrogens is 1. The zero-order valence-corrected chi connectivity index (χ0v) is 15.0. The third-order valence-electron chi connectivity index (χ3n) is 5.51. The zero-order chi connectivity index (χ0) is 17.1. The van der Waals surface area contributed by atoms with Crippen molar-refractivity contribution in [2.45, 2.75) is 38.9 Å². The van der Waals surface area contributed by atoms with Gasteiger partial charge in [-0.3, -0.25) is 4.90 Å². The monoisotopic (exact) mass is 333 g/mol. The number of aryl methyl sites for hydroxylation is 1. The number of nitrogens with one attached hydrogen (secondary N) is 2. The summed E-state index contributed by atoms with van der Waals surface area (Å²) in [5.41, 5.74) is 5.49. The number of aromatic amines is 1. The van der Waals surface area contributed by atoms with E-state index >= 15 is 0 Å². The molecular weight excluding hydrogens is 306 g/mol. The Morgan fingerprint density at radius 3 is 2.64 bits per heavy atom. The van der Waals surface area contributed by atoms with Crippen LogP contribution in [0.4, 0.5) is 0 Å². The number of hydrogen-bond donors (Lipinski definition) is 2. The summed E-state index contributed by atoms with van der Waals surface area (Å²) < 4.78 is 0. The lowest BCUT2D eigenvalue weighted by atomic mass is 10.0. The highest BCUT2D eigenvalue weighted by molar-refractivity contribution is 5.82. The molecule has 3 nitrogen and oxygen atoms in total. The van der Waals surface area contributed by atoms with Gasteiger partial charge in [0.15, 0.2) is 0 Å². The minimum absolute atomic E-state index is 0.627. The largest absolute Gasteiger partial charge is 0.361 e. The van der Waals surface area contributed by atoms with Crippen molar-refractivity contribution < 1.29 is 0 Å². The summed E-state index contributed by atoms with van der Waals surface area (Å²) in [6, 6.07) is 18.1. The topological polar surface area (TPSA) is 31.1 Å². The van der Waals surface area contributed by atoms with Gasteiger partial charge in [0.05, 0.1) is 0 Å². The summed E-state index contributed by atoms with van der Waals surface area (Å²) in [6.45, 7) is 6.62. The minimum Gasteiger partial charge on any atom is -0.361 e.